The van der Waals surface area contributed by atoms with Crippen LogP contribution in [0.25, 0.3) is 0 Å². The summed E-state index contributed by atoms with van der Waals surface area (Å²) in [6, 6.07) is 5.45. The number of nitrogens with zero attached hydrogens (tertiary/aromatic N) is 5. The van der Waals surface area contributed by atoms with Gasteiger partial charge in [0.05, 0.1) is 30.2 Å². The molecule has 0 bridgehead atoms. The number of aromatic nitrogens is 2. The van der Waals surface area contributed by atoms with E-state index < -0.39 is 4.92 Å². The highest BCUT2D eigenvalue weighted by Gasteiger charge is 2.24. The van der Waals surface area contributed by atoms with Crippen LogP contribution in [0.5, 0.6) is 0 Å². The number of rotatable bonds is 7. The van der Waals surface area contributed by atoms with Gasteiger partial charge in [-0.3, -0.25) is 19.6 Å². The second-order valence-corrected chi connectivity index (χ2v) is 5.24. The first-order valence-electron chi connectivity index (χ1n) is 7.29. The number of carbonyl (C=O) groups is 1. The molecular weight excluding hydrogens is 314 g/mol. The summed E-state index contributed by atoms with van der Waals surface area (Å²) >= 11 is 0. The number of nitro groups is 1. The fourth-order valence-corrected chi connectivity index (χ4v) is 2.40. The van der Waals surface area contributed by atoms with Crippen molar-refractivity contribution in [3.63, 3.8) is 0 Å². The first-order chi connectivity index (χ1) is 11.4. The second-order valence-electron chi connectivity index (χ2n) is 5.24. The summed E-state index contributed by atoms with van der Waals surface area (Å²) in [5.74, 6) is 0.308. The molecule has 9 heteroatoms. The van der Waals surface area contributed by atoms with E-state index in [0.29, 0.717) is 11.5 Å². The van der Waals surface area contributed by atoms with Crippen LogP contribution < -0.4 is 0 Å². The third kappa shape index (κ3) is 3.78. The van der Waals surface area contributed by atoms with E-state index in [-0.39, 0.29) is 43.3 Å². The van der Waals surface area contributed by atoms with Crippen molar-refractivity contribution in [2.24, 2.45) is 0 Å². The van der Waals surface area contributed by atoms with Crippen LogP contribution in [0, 0.1) is 35.3 Å². The number of aryl methyl sites for hydroxylation is 1. The van der Waals surface area contributed by atoms with E-state index in [0.717, 1.165) is 0 Å². The number of hydrogen-bond acceptors (Lipinski definition) is 6. The molecule has 0 atom stereocenters. The molecule has 0 aliphatic rings. The van der Waals surface area contributed by atoms with Crippen LogP contribution in [0.2, 0.25) is 0 Å². The Balaban J connectivity index is 2.16. The molecule has 0 N–H and O–H groups in total. The highest BCUT2D eigenvalue weighted by atomic mass is 16.6. The van der Waals surface area contributed by atoms with E-state index in [1.165, 1.54) is 22.8 Å². The maximum Gasteiger partial charge on any atom is 0.312 e. The Labute approximate surface area is 138 Å². The second kappa shape index (κ2) is 7.41. The maximum absolute atomic E-state index is 12.5. The summed E-state index contributed by atoms with van der Waals surface area (Å²) in [6.45, 7) is 3.43. The molecule has 0 aliphatic carbocycles. The summed E-state index contributed by atoms with van der Waals surface area (Å²) in [7, 11) is 0. The minimum Gasteiger partial charge on any atom is -0.467 e. The minimum absolute atomic E-state index is 0.0857. The molecule has 9 nitrogen and oxygen atoms in total. The lowest BCUT2D eigenvalue weighted by atomic mass is 10.3. The number of hydrogen-bond donors (Lipinski definition) is 0. The van der Waals surface area contributed by atoms with E-state index in [9.17, 15) is 14.9 Å². The normalized spacial score (nSPS) is 10.4. The Kier molecular flexibility index (Phi) is 5.31. The van der Waals surface area contributed by atoms with Gasteiger partial charge in [0.2, 0.25) is 5.91 Å². The van der Waals surface area contributed by atoms with Gasteiger partial charge in [-0.1, -0.05) is 0 Å². The Bertz CT molecular complexity index is 773. The van der Waals surface area contributed by atoms with Gasteiger partial charge in [0.1, 0.15) is 23.7 Å². The molecular formula is C15H17N5O4. The molecule has 2 rings (SSSR count). The van der Waals surface area contributed by atoms with Crippen LogP contribution in [0.3, 0.4) is 0 Å². The fraction of sp³-hybridized carbons (Fsp3) is 0.400. The molecule has 2 heterocycles. The molecule has 2 aromatic heterocycles. The average Bonchev–Trinajstić information content (AvgIpc) is 3.11. The summed E-state index contributed by atoms with van der Waals surface area (Å²) in [4.78, 5) is 24.5. The quantitative estimate of drug-likeness (QED) is 0.565. The lowest BCUT2D eigenvalue weighted by Gasteiger charge is -2.20. The van der Waals surface area contributed by atoms with Gasteiger partial charge in [-0.05, 0) is 26.0 Å². The van der Waals surface area contributed by atoms with Crippen molar-refractivity contribution >= 4 is 11.6 Å². The Morgan fingerprint density at radius 1 is 1.54 bits per heavy atom. The standard InChI is InChI=1S/C15H17N5O4/c1-11-15(20(22)23)12(2)19(17-11)10-14(21)18(7-4-6-16)9-13-5-3-8-24-13/h3,5,8H,4,7,9-10H2,1-2H3. The zero-order chi connectivity index (χ0) is 17.7. The Morgan fingerprint density at radius 2 is 2.29 bits per heavy atom. The van der Waals surface area contributed by atoms with Crippen molar-refractivity contribution in [3.05, 3.63) is 45.7 Å². The van der Waals surface area contributed by atoms with E-state index in [2.05, 4.69) is 5.10 Å². The molecule has 0 saturated carbocycles. The van der Waals surface area contributed by atoms with Gasteiger partial charge in [0.15, 0.2) is 0 Å². The van der Waals surface area contributed by atoms with Crippen LogP contribution in [-0.4, -0.2) is 32.1 Å². The van der Waals surface area contributed by atoms with E-state index in [1.54, 1.807) is 19.1 Å². The molecule has 0 saturated heterocycles. The zero-order valence-corrected chi connectivity index (χ0v) is 13.4. The van der Waals surface area contributed by atoms with Gasteiger partial charge < -0.3 is 9.32 Å². The van der Waals surface area contributed by atoms with Gasteiger partial charge in [-0.15, -0.1) is 0 Å². The lowest BCUT2D eigenvalue weighted by molar-refractivity contribution is -0.386. The number of furan rings is 1. The predicted molar refractivity (Wildman–Crippen MR) is 82.7 cm³/mol. The molecule has 0 radical (unpaired) electrons. The third-order valence-corrected chi connectivity index (χ3v) is 3.58. The third-order valence-electron chi connectivity index (χ3n) is 3.58. The van der Waals surface area contributed by atoms with E-state index in [4.69, 9.17) is 9.68 Å². The van der Waals surface area contributed by atoms with Crippen LogP contribution in [0.1, 0.15) is 23.6 Å². The summed E-state index contributed by atoms with van der Waals surface area (Å²) in [5.41, 5.74) is 0.501. The van der Waals surface area contributed by atoms with Crippen molar-refractivity contribution in [1.29, 1.82) is 5.26 Å². The van der Waals surface area contributed by atoms with Crippen LogP contribution in [-0.2, 0) is 17.9 Å². The van der Waals surface area contributed by atoms with Gasteiger partial charge in [-0.25, -0.2) is 0 Å². The van der Waals surface area contributed by atoms with Gasteiger partial charge in [0.25, 0.3) is 0 Å². The first-order valence-corrected chi connectivity index (χ1v) is 7.29. The highest BCUT2D eigenvalue weighted by Crippen LogP contribution is 2.21. The topological polar surface area (TPSA) is 118 Å². The van der Waals surface area contributed by atoms with Crippen molar-refractivity contribution in [2.45, 2.75) is 33.4 Å². The Morgan fingerprint density at radius 3 is 2.83 bits per heavy atom. The fourth-order valence-electron chi connectivity index (χ4n) is 2.40. The number of carbonyl (C=O) groups excluding carboxylic acids is 1. The van der Waals surface area contributed by atoms with Gasteiger partial charge in [-0.2, -0.15) is 10.4 Å². The Hall–Kier alpha value is -3.15. The molecule has 0 fully saturated rings. The lowest BCUT2D eigenvalue weighted by Crippen LogP contribution is -2.34. The zero-order valence-electron chi connectivity index (χ0n) is 13.4. The highest BCUT2D eigenvalue weighted by molar-refractivity contribution is 5.76. The molecule has 0 aliphatic heterocycles. The SMILES string of the molecule is Cc1nn(CC(=O)N(CCC#N)Cc2ccco2)c(C)c1[N+](=O)[O-]. The van der Waals surface area contributed by atoms with Gasteiger partial charge >= 0.3 is 5.69 Å². The van der Waals surface area contributed by atoms with Crippen molar-refractivity contribution in [1.82, 2.24) is 14.7 Å². The van der Waals surface area contributed by atoms with Gasteiger partial charge in [0, 0.05) is 6.54 Å². The average molecular weight is 331 g/mol. The van der Waals surface area contributed by atoms with Crippen molar-refractivity contribution < 1.29 is 14.1 Å². The summed E-state index contributed by atoms with van der Waals surface area (Å²) in [5, 5.41) is 23.9. The smallest absolute Gasteiger partial charge is 0.312 e. The summed E-state index contributed by atoms with van der Waals surface area (Å²) in [6.07, 6.45) is 1.69. The van der Waals surface area contributed by atoms with Crippen LogP contribution in [0.15, 0.2) is 22.8 Å². The van der Waals surface area contributed by atoms with Crippen molar-refractivity contribution in [2.75, 3.05) is 6.54 Å². The van der Waals surface area contributed by atoms with Crippen molar-refractivity contribution in [3.8, 4) is 6.07 Å². The van der Waals surface area contributed by atoms with E-state index in [1.807, 2.05) is 6.07 Å². The van der Waals surface area contributed by atoms with E-state index >= 15 is 0 Å². The molecule has 126 valence electrons. The molecule has 24 heavy (non-hydrogen) atoms. The molecule has 0 spiro atoms. The number of nitriles is 1. The first kappa shape index (κ1) is 17.2. The molecule has 1 amide bonds. The maximum atomic E-state index is 12.5. The molecule has 2 aromatic rings. The minimum atomic E-state index is -0.505. The van der Waals surface area contributed by atoms with Crippen LogP contribution in [0.4, 0.5) is 5.69 Å². The monoisotopic (exact) mass is 331 g/mol. The summed E-state index contributed by atoms with van der Waals surface area (Å²) < 4.78 is 6.55. The number of amides is 1. The van der Waals surface area contributed by atoms with Crippen LogP contribution >= 0.6 is 0 Å². The predicted octanol–water partition coefficient (Wildman–Crippen LogP) is 1.94. The molecule has 0 unspecified atom stereocenters. The molecule has 0 aromatic carbocycles. The largest absolute Gasteiger partial charge is 0.467 e.